The van der Waals surface area contributed by atoms with Gasteiger partial charge in [-0.05, 0) is 30.3 Å². The van der Waals surface area contributed by atoms with Crippen molar-refractivity contribution < 1.29 is 4.79 Å². The Labute approximate surface area is 168 Å². The maximum atomic E-state index is 12.7. The van der Waals surface area contributed by atoms with E-state index in [-0.39, 0.29) is 5.91 Å². The van der Waals surface area contributed by atoms with Crippen LogP contribution in [0.3, 0.4) is 0 Å². The molecular formula is C19H15BrClN3OS. The lowest BCUT2D eigenvalue weighted by molar-refractivity contribution is 0.101. The van der Waals surface area contributed by atoms with Gasteiger partial charge < -0.3 is 0 Å². The van der Waals surface area contributed by atoms with E-state index in [0.717, 1.165) is 15.7 Å². The quantitative estimate of drug-likeness (QED) is 0.542. The zero-order valence-corrected chi connectivity index (χ0v) is 16.8. The zero-order valence-electron chi connectivity index (χ0n) is 13.7. The molecule has 0 aliphatic heterocycles. The number of carbonyl (C=O) groups excluding carboxylic acids is 1. The molecule has 0 saturated carbocycles. The van der Waals surface area contributed by atoms with Crippen LogP contribution in [0.4, 0.5) is 0 Å². The molecule has 0 aliphatic carbocycles. The molecule has 1 aromatic heterocycles. The van der Waals surface area contributed by atoms with Crippen LogP contribution >= 0.6 is 38.9 Å². The molecule has 1 amide bonds. The smallest absolute Gasteiger partial charge is 0.267 e. The summed E-state index contributed by atoms with van der Waals surface area (Å²) >= 11 is 10.8. The van der Waals surface area contributed by atoms with Gasteiger partial charge >= 0.3 is 0 Å². The van der Waals surface area contributed by atoms with Crippen molar-refractivity contribution in [2.24, 2.45) is 4.99 Å². The van der Waals surface area contributed by atoms with Crippen LogP contribution in [0.5, 0.6) is 0 Å². The molecule has 2 aromatic carbocycles. The Bertz CT molecular complexity index is 1010. The lowest BCUT2D eigenvalue weighted by Gasteiger charge is -2.11. The summed E-state index contributed by atoms with van der Waals surface area (Å²) in [5.74, 6) is -0.222. The normalized spacial score (nSPS) is 11.4. The van der Waals surface area contributed by atoms with Crippen LogP contribution in [0.15, 0.2) is 76.0 Å². The molecule has 1 N–H and O–H groups in total. The second-order valence-electron chi connectivity index (χ2n) is 5.33. The van der Waals surface area contributed by atoms with Crippen LogP contribution in [-0.2, 0) is 0 Å². The Hall–Kier alpha value is -2.15. The number of halogens is 2. The topological polar surface area (TPSA) is 46.4 Å². The highest BCUT2D eigenvalue weighted by molar-refractivity contribution is 9.10. The number of hydrogen-bond acceptors (Lipinski definition) is 3. The number of nitrogens with one attached hydrogen (secondary N) is 1. The van der Waals surface area contributed by atoms with Crippen LogP contribution < -0.4 is 10.2 Å². The zero-order chi connectivity index (χ0) is 18.5. The van der Waals surface area contributed by atoms with Crippen LogP contribution in [0.25, 0.3) is 11.3 Å². The predicted molar refractivity (Wildman–Crippen MR) is 111 cm³/mol. The summed E-state index contributed by atoms with van der Waals surface area (Å²) in [4.78, 5) is 17.8. The molecule has 3 aromatic rings. The molecule has 0 bridgehead atoms. The number of benzene rings is 2. The molecule has 0 saturated heterocycles. The van der Waals surface area contributed by atoms with E-state index in [2.05, 4.69) is 32.9 Å². The molecular weight excluding hydrogens is 434 g/mol. The molecule has 3 rings (SSSR count). The summed E-state index contributed by atoms with van der Waals surface area (Å²) in [6, 6.07) is 14.7. The summed E-state index contributed by atoms with van der Waals surface area (Å²) in [7, 11) is 0. The number of aromatic nitrogens is 1. The first kappa shape index (κ1) is 18.6. The number of nitrogens with zero attached hydrogens (tertiary/aromatic N) is 2. The fourth-order valence-electron chi connectivity index (χ4n) is 2.29. The van der Waals surface area contributed by atoms with E-state index >= 15 is 0 Å². The average molecular weight is 449 g/mol. The number of hydrogen-bond donors (Lipinski definition) is 1. The van der Waals surface area contributed by atoms with Gasteiger partial charge in [-0.2, -0.15) is 0 Å². The molecule has 7 heteroatoms. The lowest BCUT2D eigenvalue weighted by Crippen LogP contribution is -2.31. The highest BCUT2D eigenvalue weighted by atomic mass is 79.9. The number of rotatable bonds is 5. The number of thiazole rings is 1. The first-order chi connectivity index (χ1) is 12.6. The van der Waals surface area contributed by atoms with Gasteiger partial charge in [0.15, 0.2) is 0 Å². The summed E-state index contributed by atoms with van der Waals surface area (Å²) in [6.07, 6.45) is 1.71. The van der Waals surface area contributed by atoms with Gasteiger partial charge in [0.05, 0.1) is 12.2 Å². The predicted octanol–water partition coefficient (Wildman–Crippen LogP) is 5.10. The summed E-state index contributed by atoms with van der Waals surface area (Å²) in [5, 5.41) is 2.61. The highest BCUT2D eigenvalue weighted by Crippen LogP contribution is 2.22. The molecule has 4 nitrogen and oxygen atoms in total. The average Bonchev–Trinajstić information content (AvgIpc) is 3.03. The first-order valence-corrected chi connectivity index (χ1v) is 9.78. The van der Waals surface area contributed by atoms with Gasteiger partial charge in [-0.25, -0.2) is 4.68 Å². The van der Waals surface area contributed by atoms with Gasteiger partial charge in [-0.1, -0.05) is 51.8 Å². The Kier molecular flexibility index (Phi) is 6.08. The van der Waals surface area contributed by atoms with E-state index in [1.165, 1.54) is 11.3 Å². The van der Waals surface area contributed by atoms with Gasteiger partial charge in [0.1, 0.15) is 0 Å². The van der Waals surface area contributed by atoms with Crippen LogP contribution in [0.1, 0.15) is 10.4 Å². The molecule has 132 valence electrons. The fourth-order valence-corrected chi connectivity index (χ4v) is 3.67. The Morgan fingerprint density at radius 1 is 1.31 bits per heavy atom. The minimum absolute atomic E-state index is 0.222. The van der Waals surface area contributed by atoms with Crippen molar-refractivity contribution in [3.8, 4) is 11.3 Å². The first-order valence-electron chi connectivity index (χ1n) is 7.73. The second-order valence-corrected chi connectivity index (χ2v) is 7.52. The van der Waals surface area contributed by atoms with Crippen molar-refractivity contribution in [1.29, 1.82) is 0 Å². The van der Waals surface area contributed by atoms with Gasteiger partial charge in [0, 0.05) is 26.0 Å². The van der Waals surface area contributed by atoms with Crippen LogP contribution in [0.2, 0.25) is 5.02 Å². The maximum absolute atomic E-state index is 12.7. The van der Waals surface area contributed by atoms with Crippen molar-refractivity contribution in [3.05, 3.63) is 86.4 Å². The minimum atomic E-state index is -0.222. The van der Waals surface area contributed by atoms with E-state index in [4.69, 9.17) is 11.6 Å². The van der Waals surface area contributed by atoms with E-state index < -0.39 is 0 Å². The largest absolute Gasteiger partial charge is 0.270 e. The molecule has 26 heavy (non-hydrogen) atoms. The van der Waals surface area contributed by atoms with E-state index in [1.54, 1.807) is 22.9 Å². The van der Waals surface area contributed by atoms with Gasteiger partial charge in [0.2, 0.25) is 4.80 Å². The lowest BCUT2D eigenvalue weighted by atomic mass is 10.2. The van der Waals surface area contributed by atoms with Gasteiger partial charge in [0.25, 0.3) is 5.91 Å². The van der Waals surface area contributed by atoms with Crippen molar-refractivity contribution in [3.63, 3.8) is 0 Å². The molecule has 0 fully saturated rings. The fraction of sp³-hybridized carbons (Fsp3) is 0.0526. The van der Waals surface area contributed by atoms with E-state index in [9.17, 15) is 4.79 Å². The highest BCUT2D eigenvalue weighted by Gasteiger charge is 2.12. The molecule has 0 unspecified atom stereocenters. The van der Waals surface area contributed by atoms with Gasteiger partial charge in [-0.15, -0.1) is 17.9 Å². The second kappa shape index (κ2) is 8.49. The van der Waals surface area contributed by atoms with Crippen LogP contribution in [-0.4, -0.2) is 17.1 Å². The number of amides is 1. The number of carbonyl (C=O) groups is 1. The summed E-state index contributed by atoms with van der Waals surface area (Å²) in [5.41, 5.74) is 5.24. The van der Waals surface area contributed by atoms with Crippen molar-refractivity contribution >= 4 is 44.8 Å². The van der Waals surface area contributed by atoms with Crippen molar-refractivity contribution in [2.45, 2.75) is 0 Å². The Morgan fingerprint density at radius 3 is 2.77 bits per heavy atom. The third-order valence-corrected chi connectivity index (χ3v) is 5.11. The Balaban J connectivity index is 2.02. The molecule has 0 aliphatic rings. The summed E-state index contributed by atoms with van der Waals surface area (Å²) < 4.78 is 2.54. The van der Waals surface area contributed by atoms with E-state index in [0.29, 0.717) is 21.9 Å². The van der Waals surface area contributed by atoms with E-state index in [1.807, 2.05) is 41.8 Å². The molecule has 1 heterocycles. The Morgan fingerprint density at radius 2 is 2.08 bits per heavy atom. The standard InChI is InChI=1S/C19H15BrClN3OS/c1-2-10-22-19-24(23-18(25)14-4-3-5-15(20)11-14)17(12-26-19)13-6-8-16(21)9-7-13/h2-9,11-12H,1,10H2,(H,23,25). The molecule has 0 spiro atoms. The SMILES string of the molecule is C=CCN=c1scc(-c2ccc(Cl)cc2)n1NC(=O)c1cccc(Br)c1. The summed E-state index contributed by atoms with van der Waals surface area (Å²) in [6.45, 7) is 4.16. The molecule has 0 atom stereocenters. The minimum Gasteiger partial charge on any atom is -0.267 e. The third-order valence-electron chi connectivity index (χ3n) is 3.50. The van der Waals surface area contributed by atoms with Crippen molar-refractivity contribution in [2.75, 3.05) is 12.0 Å². The molecule has 0 radical (unpaired) electrons. The van der Waals surface area contributed by atoms with Gasteiger partial charge in [-0.3, -0.25) is 15.2 Å². The monoisotopic (exact) mass is 447 g/mol. The third kappa shape index (κ3) is 4.33. The van der Waals surface area contributed by atoms with Crippen molar-refractivity contribution in [1.82, 2.24) is 4.68 Å². The maximum Gasteiger partial charge on any atom is 0.270 e. The van der Waals surface area contributed by atoms with Crippen LogP contribution in [0, 0.1) is 0 Å².